The molecule has 5 nitrogen and oxygen atoms in total. The molecule has 2 aromatic carbocycles. The van der Waals surface area contributed by atoms with Gasteiger partial charge in [0.2, 0.25) is 0 Å². The molecule has 0 radical (unpaired) electrons. The molecule has 166 valence electrons. The zero-order valence-corrected chi connectivity index (χ0v) is 17.9. The van der Waals surface area contributed by atoms with Crippen molar-refractivity contribution in [1.82, 2.24) is 4.90 Å². The smallest absolute Gasteiger partial charge is 0.330 e. The Kier molecular flexibility index (Phi) is 6.74. The number of likely N-dealkylation sites (tertiary alicyclic amines) is 1. The van der Waals surface area contributed by atoms with Crippen LogP contribution in [0.5, 0.6) is 0 Å². The fourth-order valence-electron chi connectivity index (χ4n) is 3.53. The highest BCUT2D eigenvalue weighted by Crippen LogP contribution is 2.32. The normalized spacial score (nSPS) is 16.8. The Bertz CT molecular complexity index is 1100. The molecule has 1 saturated heterocycles. The fraction of sp³-hybridized carbons (Fsp3) is 0.318. The van der Waals surface area contributed by atoms with Crippen LogP contribution in [0.15, 0.2) is 65.0 Å². The van der Waals surface area contributed by atoms with Crippen molar-refractivity contribution in [3.05, 3.63) is 66.2 Å². The van der Waals surface area contributed by atoms with E-state index in [0.29, 0.717) is 23.9 Å². The van der Waals surface area contributed by atoms with Crippen LogP contribution in [0.4, 0.5) is 18.9 Å². The lowest BCUT2D eigenvalue weighted by atomic mass is 10.1. The number of nitrogens with one attached hydrogen (secondary N) is 1. The second-order valence-electron chi connectivity index (χ2n) is 7.23. The van der Waals surface area contributed by atoms with Crippen LogP contribution in [0.25, 0.3) is 5.70 Å². The number of halogens is 3. The van der Waals surface area contributed by atoms with Crippen LogP contribution in [-0.4, -0.2) is 32.7 Å². The molecule has 31 heavy (non-hydrogen) atoms. The Morgan fingerprint density at radius 2 is 1.84 bits per heavy atom. The maximum atomic E-state index is 13.0. The lowest BCUT2D eigenvalue weighted by molar-refractivity contribution is -0.137. The Morgan fingerprint density at radius 3 is 2.55 bits per heavy atom. The first-order valence-corrected chi connectivity index (χ1v) is 11.3. The second-order valence-corrected chi connectivity index (χ2v) is 8.91. The average Bonchev–Trinajstić information content (AvgIpc) is 2.98. The summed E-state index contributed by atoms with van der Waals surface area (Å²) < 4.78 is 67.2. The molecule has 1 heterocycles. The summed E-state index contributed by atoms with van der Waals surface area (Å²) in [5.41, 5.74) is 0.344. The molecule has 9 heteroatoms. The van der Waals surface area contributed by atoms with Gasteiger partial charge in [0.15, 0.2) is 0 Å². The molecule has 2 aromatic rings. The van der Waals surface area contributed by atoms with Crippen molar-refractivity contribution in [2.24, 2.45) is 4.99 Å². The van der Waals surface area contributed by atoms with Gasteiger partial charge in [-0.25, -0.2) is 8.42 Å². The second kappa shape index (κ2) is 9.13. The molecule has 0 aliphatic carbocycles. The Hall–Kier alpha value is -2.81. The molecule has 0 bridgehead atoms. The SMILES string of the molecule is C=C(c1ccccc1NS(=O)(=O)c1cccc(C(F)(F)F)c1)N1CCCCC/C1=N/C. The summed E-state index contributed by atoms with van der Waals surface area (Å²) in [6.45, 7) is 4.87. The van der Waals surface area contributed by atoms with E-state index < -0.39 is 26.7 Å². The number of hydrogen-bond donors (Lipinski definition) is 1. The minimum Gasteiger partial charge on any atom is -0.330 e. The Labute approximate surface area is 180 Å². The minimum absolute atomic E-state index is 0.240. The van der Waals surface area contributed by atoms with Gasteiger partial charge in [0.1, 0.15) is 5.84 Å². The van der Waals surface area contributed by atoms with Crippen LogP contribution >= 0.6 is 0 Å². The molecule has 0 saturated carbocycles. The first-order chi connectivity index (χ1) is 14.6. The number of alkyl halides is 3. The Morgan fingerprint density at radius 1 is 1.10 bits per heavy atom. The molecule has 1 aliphatic rings. The van der Waals surface area contributed by atoms with Crippen LogP contribution in [0.1, 0.15) is 36.8 Å². The van der Waals surface area contributed by atoms with Crippen molar-refractivity contribution in [2.45, 2.75) is 36.8 Å². The number of benzene rings is 2. The number of hydrogen-bond acceptors (Lipinski definition) is 3. The summed E-state index contributed by atoms with van der Waals surface area (Å²) >= 11 is 0. The van der Waals surface area contributed by atoms with Gasteiger partial charge in [-0.2, -0.15) is 13.2 Å². The number of aliphatic imine (C=N–C) groups is 1. The van der Waals surface area contributed by atoms with Crippen LogP contribution in [0.3, 0.4) is 0 Å². The number of amidine groups is 1. The molecule has 0 atom stereocenters. The molecule has 3 rings (SSSR count). The zero-order valence-electron chi connectivity index (χ0n) is 17.1. The van der Waals surface area contributed by atoms with Gasteiger partial charge in [0, 0.05) is 31.3 Å². The lowest BCUT2D eigenvalue weighted by Crippen LogP contribution is -2.29. The molecule has 1 fully saturated rings. The third kappa shape index (κ3) is 5.28. The predicted octanol–water partition coefficient (Wildman–Crippen LogP) is 5.38. The fourth-order valence-corrected chi connectivity index (χ4v) is 4.65. The molecular formula is C22H24F3N3O2S. The summed E-state index contributed by atoms with van der Waals surface area (Å²) in [7, 11) is -2.54. The van der Waals surface area contributed by atoms with E-state index in [1.807, 2.05) is 4.90 Å². The summed E-state index contributed by atoms with van der Waals surface area (Å²) in [5.74, 6) is 0.873. The average molecular weight is 452 g/mol. The molecule has 0 unspecified atom stereocenters. The zero-order chi connectivity index (χ0) is 22.6. The van der Waals surface area contributed by atoms with E-state index in [1.165, 1.54) is 0 Å². The summed E-state index contributed by atoms with van der Waals surface area (Å²) in [4.78, 5) is 5.87. The largest absolute Gasteiger partial charge is 0.416 e. The van der Waals surface area contributed by atoms with E-state index in [0.717, 1.165) is 49.7 Å². The highest BCUT2D eigenvalue weighted by molar-refractivity contribution is 7.92. The highest BCUT2D eigenvalue weighted by Gasteiger charge is 2.32. The van der Waals surface area contributed by atoms with Gasteiger partial charge in [-0.15, -0.1) is 0 Å². The molecule has 1 aliphatic heterocycles. The van der Waals surface area contributed by atoms with Gasteiger partial charge in [0.05, 0.1) is 16.1 Å². The molecular weight excluding hydrogens is 427 g/mol. The number of nitrogens with zero attached hydrogens (tertiary/aromatic N) is 2. The van der Waals surface area contributed by atoms with Crippen molar-refractivity contribution in [1.29, 1.82) is 0 Å². The van der Waals surface area contributed by atoms with Crippen molar-refractivity contribution in [3.63, 3.8) is 0 Å². The maximum Gasteiger partial charge on any atom is 0.416 e. The van der Waals surface area contributed by atoms with E-state index in [2.05, 4.69) is 16.3 Å². The highest BCUT2D eigenvalue weighted by atomic mass is 32.2. The van der Waals surface area contributed by atoms with Crippen LogP contribution in [-0.2, 0) is 16.2 Å². The van der Waals surface area contributed by atoms with Gasteiger partial charge < -0.3 is 4.90 Å². The van der Waals surface area contributed by atoms with E-state index in [9.17, 15) is 21.6 Å². The number of rotatable bonds is 5. The van der Waals surface area contributed by atoms with Crippen LogP contribution in [0.2, 0.25) is 0 Å². The third-order valence-corrected chi connectivity index (χ3v) is 6.49. The third-order valence-electron chi connectivity index (χ3n) is 5.13. The van der Waals surface area contributed by atoms with Crippen molar-refractivity contribution in [2.75, 3.05) is 18.3 Å². The van der Waals surface area contributed by atoms with Crippen molar-refractivity contribution >= 4 is 27.2 Å². The molecule has 0 aromatic heterocycles. The number of para-hydroxylation sites is 1. The summed E-state index contributed by atoms with van der Waals surface area (Å²) in [6.07, 6.45) is -0.808. The first-order valence-electron chi connectivity index (χ1n) is 9.85. The number of anilines is 1. The monoisotopic (exact) mass is 451 g/mol. The summed E-state index contributed by atoms with van der Waals surface area (Å²) in [5, 5.41) is 0. The van der Waals surface area contributed by atoms with E-state index in [1.54, 1.807) is 31.3 Å². The van der Waals surface area contributed by atoms with Crippen molar-refractivity contribution < 1.29 is 21.6 Å². The lowest BCUT2D eigenvalue weighted by Gasteiger charge is -2.27. The molecule has 0 spiro atoms. The van der Waals surface area contributed by atoms with Crippen LogP contribution < -0.4 is 4.72 Å². The van der Waals surface area contributed by atoms with Gasteiger partial charge in [-0.3, -0.25) is 9.71 Å². The van der Waals surface area contributed by atoms with E-state index in [-0.39, 0.29) is 5.69 Å². The Balaban J connectivity index is 1.94. The van der Waals surface area contributed by atoms with Crippen LogP contribution in [0, 0.1) is 0 Å². The maximum absolute atomic E-state index is 13.0. The van der Waals surface area contributed by atoms with Gasteiger partial charge in [-0.05, 0) is 37.1 Å². The number of sulfonamides is 1. The quantitative estimate of drug-likeness (QED) is 0.664. The van der Waals surface area contributed by atoms with Gasteiger partial charge >= 0.3 is 6.18 Å². The van der Waals surface area contributed by atoms with E-state index >= 15 is 0 Å². The molecule has 0 amide bonds. The van der Waals surface area contributed by atoms with Crippen molar-refractivity contribution in [3.8, 4) is 0 Å². The predicted molar refractivity (Wildman–Crippen MR) is 116 cm³/mol. The molecule has 1 N–H and O–H groups in total. The topological polar surface area (TPSA) is 61.8 Å². The standard InChI is InChI=1S/C22H24F3N3O2S/c1-16(28-14-7-3-4-13-21(28)26-2)19-11-5-6-12-20(19)27-31(29,30)18-10-8-9-17(15-18)22(23,24)25/h5-6,8-12,15,27H,1,3-4,7,13-14H2,2H3/b26-21-. The van der Waals surface area contributed by atoms with Gasteiger partial charge in [-0.1, -0.05) is 37.3 Å². The van der Waals surface area contributed by atoms with E-state index in [4.69, 9.17) is 0 Å². The summed E-state index contributed by atoms with van der Waals surface area (Å²) in [6, 6.07) is 10.4. The first kappa shape index (κ1) is 22.9. The minimum atomic E-state index is -4.64. The van der Waals surface area contributed by atoms with Gasteiger partial charge in [0.25, 0.3) is 10.0 Å².